The number of likely N-dealkylation sites (tertiary alicyclic amines) is 1. The van der Waals surface area contributed by atoms with Crippen molar-refractivity contribution in [2.24, 2.45) is 0 Å². The van der Waals surface area contributed by atoms with E-state index in [9.17, 15) is 23.1 Å². The molecule has 45 heavy (non-hydrogen) atoms. The van der Waals surface area contributed by atoms with Gasteiger partial charge in [0.1, 0.15) is 6.10 Å². The average Bonchev–Trinajstić information content (AvgIpc) is 3.38. The highest BCUT2D eigenvalue weighted by Gasteiger charge is 2.73. The summed E-state index contributed by atoms with van der Waals surface area (Å²) in [5.74, 6) is 0.933. The van der Waals surface area contributed by atoms with Crippen molar-refractivity contribution in [3.63, 3.8) is 0 Å². The van der Waals surface area contributed by atoms with Crippen LogP contribution in [0.25, 0.3) is 6.08 Å². The highest BCUT2D eigenvalue weighted by Crippen LogP contribution is 2.66. The van der Waals surface area contributed by atoms with Crippen molar-refractivity contribution in [1.82, 2.24) is 9.80 Å². The van der Waals surface area contributed by atoms with E-state index in [4.69, 9.17) is 9.47 Å². The molecule has 2 unspecified atom stereocenters. The van der Waals surface area contributed by atoms with Gasteiger partial charge in [-0.3, -0.25) is 9.69 Å². The number of carbonyl (C=O) groups excluding carboxylic acids is 1. The third kappa shape index (κ3) is 4.65. The number of benzene rings is 3. The van der Waals surface area contributed by atoms with Gasteiger partial charge in [-0.25, -0.2) is 0 Å². The van der Waals surface area contributed by atoms with Gasteiger partial charge in [0.15, 0.2) is 11.5 Å². The van der Waals surface area contributed by atoms with Gasteiger partial charge < -0.3 is 19.5 Å². The minimum Gasteiger partial charge on any atom is -0.493 e. The number of likely N-dealkylation sites (N-methyl/N-ethyl adjacent to an activating group) is 1. The molecule has 2 fully saturated rings. The van der Waals surface area contributed by atoms with Gasteiger partial charge >= 0.3 is 6.18 Å². The highest BCUT2D eigenvalue weighted by molar-refractivity contribution is 5.92. The van der Waals surface area contributed by atoms with Gasteiger partial charge in [0, 0.05) is 31.3 Å². The van der Waals surface area contributed by atoms with Crippen LogP contribution in [0.5, 0.6) is 11.5 Å². The van der Waals surface area contributed by atoms with Crippen LogP contribution in [0.1, 0.15) is 47.1 Å². The van der Waals surface area contributed by atoms with E-state index in [0.29, 0.717) is 42.7 Å². The minimum absolute atomic E-state index is 0.101. The Hall–Kier alpha value is -3.82. The second-order valence-corrected chi connectivity index (χ2v) is 12.8. The molecule has 9 heteroatoms. The lowest BCUT2D eigenvalue weighted by atomic mass is 9.48. The Bertz CT molecular complexity index is 1640. The first-order valence-corrected chi connectivity index (χ1v) is 15.6. The Labute approximate surface area is 261 Å². The molecule has 4 aliphatic rings. The lowest BCUT2D eigenvalue weighted by Crippen LogP contribution is -2.78. The number of alkyl halides is 3. The molecular weight excluding hydrogens is 581 g/mol. The number of aliphatic hydroxyl groups is 1. The van der Waals surface area contributed by atoms with Crippen molar-refractivity contribution in [2.75, 3.05) is 27.2 Å². The molecule has 3 aromatic carbocycles. The van der Waals surface area contributed by atoms with E-state index in [1.54, 1.807) is 19.1 Å². The number of methoxy groups -OCH3 is 1. The maximum atomic E-state index is 13.5. The Kier molecular flexibility index (Phi) is 7.24. The number of halogens is 3. The fourth-order valence-electron chi connectivity index (χ4n) is 8.60. The number of piperidine rings is 1. The summed E-state index contributed by atoms with van der Waals surface area (Å²) in [6.07, 6.45) is 1.05. The second kappa shape index (κ2) is 10.9. The van der Waals surface area contributed by atoms with Gasteiger partial charge in [-0.1, -0.05) is 48.5 Å². The third-order valence-electron chi connectivity index (χ3n) is 10.8. The van der Waals surface area contributed by atoms with Crippen LogP contribution in [-0.2, 0) is 29.2 Å². The maximum absolute atomic E-state index is 13.5. The zero-order valence-corrected chi connectivity index (χ0v) is 25.4. The van der Waals surface area contributed by atoms with Crippen molar-refractivity contribution in [3.8, 4) is 11.5 Å². The molecule has 1 saturated heterocycles. The highest BCUT2D eigenvalue weighted by atomic mass is 19.4. The van der Waals surface area contributed by atoms with Crippen LogP contribution in [0.3, 0.4) is 0 Å². The summed E-state index contributed by atoms with van der Waals surface area (Å²) in [6.45, 7) is 1.62. The van der Waals surface area contributed by atoms with E-state index in [1.807, 2.05) is 24.3 Å². The predicted octanol–water partition coefficient (Wildman–Crippen LogP) is 5.65. The van der Waals surface area contributed by atoms with Crippen molar-refractivity contribution < 1.29 is 32.5 Å². The smallest absolute Gasteiger partial charge is 0.416 e. The zero-order valence-electron chi connectivity index (χ0n) is 25.4. The van der Waals surface area contributed by atoms with Gasteiger partial charge in [0.25, 0.3) is 0 Å². The van der Waals surface area contributed by atoms with Crippen molar-refractivity contribution in [3.05, 3.63) is 101 Å². The number of nitrogens with zero attached hydrogens (tertiary/aromatic N) is 2. The van der Waals surface area contributed by atoms with Crippen LogP contribution in [-0.4, -0.2) is 71.8 Å². The molecule has 0 radical (unpaired) electrons. The van der Waals surface area contributed by atoms with Crippen LogP contribution in [0.15, 0.2) is 72.8 Å². The first kappa shape index (κ1) is 29.9. The molecule has 6 nitrogen and oxygen atoms in total. The number of hydrogen-bond donors (Lipinski definition) is 1. The Morgan fingerprint density at radius 1 is 1.13 bits per heavy atom. The van der Waals surface area contributed by atoms with Gasteiger partial charge in [0.05, 0.1) is 29.7 Å². The zero-order chi connectivity index (χ0) is 31.6. The number of hydrogen-bond acceptors (Lipinski definition) is 5. The Morgan fingerprint density at radius 2 is 1.93 bits per heavy atom. The first-order valence-electron chi connectivity index (χ1n) is 15.6. The van der Waals surface area contributed by atoms with Gasteiger partial charge in [-0.2, -0.15) is 13.2 Å². The predicted molar refractivity (Wildman–Crippen MR) is 164 cm³/mol. The quantitative estimate of drug-likeness (QED) is 0.347. The fourth-order valence-corrected chi connectivity index (χ4v) is 8.60. The van der Waals surface area contributed by atoms with E-state index < -0.39 is 28.9 Å². The molecule has 2 bridgehead atoms. The van der Waals surface area contributed by atoms with E-state index in [-0.39, 0.29) is 18.0 Å². The van der Waals surface area contributed by atoms with Crippen molar-refractivity contribution in [1.29, 1.82) is 0 Å². The van der Waals surface area contributed by atoms with Gasteiger partial charge in [-0.15, -0.1) is 0 Å². The molecule has 3 aromatic rings. The first-order chi connectivity index (χ1) is 21.6. The molecule has 1 spiro atoms. The van der Waals surface area contributed by atoms with E-state index >= 15 is 0 Å². The maximum Gasteiger partial charge on any atom is 0.416 e. The topological polar surface area (TPSA) is 62.2 Å². The number of rotatable bonds is 7. The van der Waals surface area contributed by atoms with Crippen molar-refractivity contribution >= 4 is 12.0 Å². The number of carbonyl (C=O) groups is 1. The second-order valence-electron chi connectivity index (χ2n) is 12.8. The molecule has 1 saturated carbocycles. The molecule has 5 atom stereocenters. The fraction of sp³-hybridized carbons (Fsp3) is 0.417. The third-order valence-corrected chi connectivity index (χ3v) is 10.8. The summed E-state index contributed by atoms with van der Waals surface area (Å²) in [4.78, 5) is 17.6. The van der Waals surface area contributed by atoms with Crippen LogP contribution in [0.2, 0.25) is 0 Å². The molecule has 2 aliphatic heterocycles. The largest absolute Gasteiger partial charge is 0.493 e. The summed E-state index contributed by atoms with van der Waals surface area (Å²) >= 11 is 0. The molecule has 2 heterocycles. The number of ether oxygens (including phenoxy) is 2. The van der Waals surface area contributed by atoms with Gasteiger partial charge in [0.2, 0.25) is 5.91 Å². The molecular formula is C36H37F3N2O4. The summed E-state index contributed by atoms with van der Waals surface area (Å²) in [6, 6.07) is 18.9. The van der Waals surface area contributed by atoms with Crippen LogP contribution < -0.4 is 9.47 Å². The summed E-state index contributed by atoms with van der Waals surface area (Å²) in [7, 11) is 3.32. The molecule has 1 amide bonds. The molecule has 1 N–H and O–H groups in total. The number of amides is 1. The molecule has 0 aromatic heterocycles. The molecule has 7 rings (SSSR count). The lowest BCUT2D eigenvalue weighted by Gasteiger charge is -2.64. The van der Waals surface area contributed by atoms with Crippen molar-refractivity contribution in [2.45, 2.75) is 67.5 Å². The lowest BCUT2D eigenvalue weighted by molar-refractivity contribution is -0.199. The Balaban J connectivity index is 1.20. The molecule has 236 valence electrons. The average molecular weight is 619 g/mol. The van der Waals surface area contributed by atoms with E-state index in [0.717, 1.165) is 42.8 Å². The SMILES string of the molecule is COc1ccc2c3c1OC1C(N(C)C(=O)/C=C/c4cccc(C(F)(F)F)c4)CC[C@@]4(O)[C@@H](C2)N(CCc2ccccc2)CC[C@]314. The molecule has 2 aliphatic carbocycles. The summed E-state index contributed by atoms with van der Waals surface area (Å²) < 4.78 is 52.2. The minimum atomic E-state index is -4.47. The normalized spacial score (nSPS) is 28.4. The standard InChI is InChI=1S/C36H37F3N2O4/c1-40(30(42)14-11-24-9-6-10-26(21-24)36(37,38)39)27-15-17-35(43)29-22-25-12-13-28(44-2)32-31(25)34(35,33(27)45-32)18-20-41(29)19-16-23-7-4-3-5-8-23/h3-14,21,27,29,33,43H,15-20,22H2,1-2H3/b14-11+/t27?,29-,33?,34+,35-/m1/s1. The van der Waals surface area contributed by atoms with Crippen LogP contribution in [0, 0.1) is 0 Å². The summed E-state index contributed by atoms with van der Waals surface area (Å²) in [5.41, 5.74) is 1.16. The van der Waals surface area contributed by atoms with E-state index in [1.165, 1.54) is 29.8 Å². The van der Waals surface area contributed by atoms with Crippen LogP contribution >= 0.6 is 0 Å². The summed E-state index contributed by atoms with van der Waals surface area (Å²) in [5, 5.41) is 12.9. The van der Waals surface area contributed by atoms with E-state index in [2.05, 4.69) is 23.1 Å². The monoisotopic (exact) mass is 618 g/mol. The Morgan fingerprint density at radius 3 is 2.69 bits per heavy atom. The van der Waals surface area contributed by atoms with Crippen LogP contribution in [0.4, 0.5) is 13.2 Å². The van der Waals surface area contributed by atoms with Gasteiger partial charge in [-0.05, 0) is 79.6 Å².